The van der Waals surface area contributed by atoms with Gasteiger partial charge in [-0.15, -0.1) is 0 Å². The highest BCUT2D eigenvalue weighted by atomic mass is 35.6. The first-order valence-corrected chi connectivity index (χ1v) is 12.7. The number of hydrogen-bond acceptors (Lipinski definition) is 6. The largest absolute Gasteiger partial charge is 0.378 e. The van der Waals surface area contributed by atoms with E-state index >= 15 is 0 Å². The predicted octanol–water partition coefficient (Wildman–Crippen LogP) is 5.75. The average Bonchev–Trinajstić information content (AvgIpc) is 3.47. The smallest absolute Gasteiger partial charge is 0.271 e. The van der Waals surface area contributed by atoms with Crippen LogP contribution in [0.1, 0.15) is 31.8 Å². The van der Waals surface area contributed by atoms with Crippen molar-refractivity contribution in [3.63, 3.8) is 0 Å². The van der Waals surface area contributed by atoms with Crippen LogP contribution in [0, 0.1) is 11.6 Å². The Morgan fingerprint density at radius 3 is 1.97 bits per heavy atom. The quantitative estimate of drug-likeness (QED) is 0.179. The number of halogens is 5. The lowest BCUT2D eigenvalue weighted by Gasteiger charge is -2.29. The highest BCUT2D eigenvalue weighted by Crippen LogP contribution is 2.44. The van der Waals surface area contributed by atoms with Crippen LogP contribution in [0.25, 0.3) is 0 Å². The van der Waals surface area contributed by atoms with Gasteiger partial charge in [0.15, 0.2) is 0 Å². The Morgan fingerprint density at radius 2 is 1.45 bits per heavy atom. The van der Waals surface area contributed by atoms with Gasteiger partial charge in [-0.2, -0.15) is 5.10 Å². The van der Waals surface area contributed by atoms with Gasteiger partial charge in [0.1, 0.15) is 29.9 Å². The van der Waals surface area contributed by atoms with E-state index in [1.807, 2.05) is 0 Å². The molecule has 1 N–H and O–H groups in total. The van der Waals surface area contributed by atoms with Crippen LogP contribution in [0.3, 0.4) is 0 Å². The molecule has 5 rings (SSSR count). The van der Waals surface area contributed by atoms with Gasteiger partial charge in [0.2, 0.25) is 0 Å². The van der Waals surface area contributed by atoms with Gasteiger partial charge < -0.3 is 5.11 Å². The molecule has 1 aliphatic rings. The number of rotatable bonds is 5. The molecule has 0 fully saturated rings. The molecule has 1 unspecified atom stereocenters. The molecule has 13 heteroatoms. The fourth-order valence-corrected chi connectivity index (χ4v) is 4.95. The molecule has 196 valence electrons. The number of imide groups is 1. The van der Waals surface area contributed by atoms with Crippen molar-refractivity contribution < 1.29 is 23.5 Å². The zero-order valence-corrected chi connectivity index (χ0v) is 22.2. The summed E-state index contributed by atoms with van der Waals surface area (Å²) in [6, 6.07) is 17.7. The van der Waals surface area contributed by atoms with Gasteiger partial charge in [0.25, 0.3) is 14.9 Å². The second-order valence-electron chi connectivity index (χ2n) is 7.93. The minimum absolute atomic E-state index is 0.0421. The second kappa shape index (κ2) is 11.4. The van der Waals surface area contributed by atoms with Crippen molar-refractivity contribution in [2.24, 2.45) is 0 Å². The molecule has 0 aliphatic carbocycles. The number of fused-ring (bicyclic) bond motifs is 1. The fourth-order valence-electron chi connectivity index (χ4n) is 3.76. The van der Waals surface area contributed by atoms with Crippen molar-refractivity contribution in [2.45, 2.75) is 15.3 Å². The number of aliphatic hydroxyl groups is 1. The summed E-state index contributed by atoms with van der Waals surface area (Å²) in [5.41, 5.74) is -0.567. The van der Waals surface area contributed by atoms with E-state index in [0.29, 0.717) is 28.6 Å². The van der Waals surface area contributed by atoms with E-state index in [-0.39, 0.29) is 12.1 Å². The van der Waals surface area contributed by atoms with Gasteiger partial charge in [0.05, 0.1) is 17.7 Å². The number of carbonyl (C=O) groups excluding carboxylic acids is 2. The molecule has 1 aliphatic heterocycles. The molecule has 1 atom stereocenters. The molecule has 0 saturated heterocycles. The molecule has 7 nitrogen and oxygen atoms in total. The van der Waals surface area contributed by atoms with Crippen LogP contribution in [0.5, 0.6) is 0 Å². The number of carbonyl (C=O) groups is 2. The summed E-state index contributed by atoms with van der Waals surface area (Å²) in [6.07, 6.45) is 2.75. The summed E-state index contributed by atoms with van der Waals surface area (Å²) in [7, 11) is 0. The van der Waals surface area contributed by atoms with E-state index in [9.17, 15) is 23.5 Å². The van der Waals surface area contributed by atoms with Gasteiger partial charge in [-0.1, -0.05) is 77.3 Å². The van der Waals surface area contributed by atoms with Crippen LogP contribution in [0.15, 0.2) is 85.5 Å². The number of benzene rings is 3. The third-order valence-corrected chi connectivity index (χ3v) is 6.79. The fraction of sp³-hybridized carbons (Fsp3) is 0.120. The van der Waals surface area contributed by atoms with Crippen LogP contribution < -0.4 is 0 Å². The first kappa shape index (κ1) is 28.0. The molecule has 0 radical (unpaired) electrons. The highest BCUT2D eigenvalue weighted by Gasteiger charge is 2.40. The van der Waals surface area contributed by atoms with Crippen LogP contribution in [-0.4, -0.2) is 39.1 Å². The number of amides is 2. The summed E-state index contributed by atoms with van der Waals surface area (Å²) < 4.78 is 27.9. The molecule has 1 aromatic heterocycles. The maximum Gasteiger partial charge on any atom is 0.271 e. The van der Waals surface area contributed by atoms with Crippen molar-refractivity contribution in [2.75, 3.05) is 0 Å². The Kier molecular flexibility index (Phi) is 8.39. The SMILES string of the molecule is O=C1c2ccccc2C(=O)N1SC(Cl)(Cl)Cl.OC(Cn1cncn1)(c1ccc(F)cc1)c1ccccc1F. The van der Waals surface area contributed by atoms with Gasteiger partial charge in [0, 0.05) is 17.5 Å². The van der Waals surface area contributed by atoms with E-state index in [0.717, 1.165) is 4.31 Å². The van der Waals surface area contributed by atoms with Crippen molar-refractivity contribution in [3.8, 4) is 0 Å². The first-order chi connectivity index (χ1) is 18.0. The zero-order chi connectivity index (χ0) is 27.5. The van der Waals surface area contributed by atoms with E-state index < -0.39 is 32.2 Å². The van der Waals surface area contributed by atoms with Crippen molar-refractivity contribution in [1.29, 1.82) is 0 Å². The third-order valence-electron chi connectivity index (χ3n) is 5.45. The van der Waals surface area contributed by atoms with Gasteiger partial charge >= 0.3 is 0 Å². The maximum atomic E-state index is 14.2. The van der Waals surface area contributed by atoms with Crippen LogP contribution in [0.4, 0.5) is 8.78 Å². The summed E-state index contributed by atoms with van der Waals surface area (Å²) in [4.78, 5) is 27.4. The topological polar surface area (TPSA) is 88.3 Å². The van der Waals surface area contributed by atoms with Crippen molar-refractivity contribution in [3.05, 3.63) is 119 Å². The Morgan fingerprint density at radius 1 is 0.868 bits per heavy atom. The molecule has 4 aromatic rings. The normalized spacial score (nSPS) is 14.5. The Hall–Kier alpha value is -3.02. The van der Waals surface area contributed by atoms with E-state index in [1.54, 1.807) is 36.4 Å². The molecule has 0 spiro atoms. The summed E-state index contributed by atoms with van der Waals surface area (Å²) in [5, 5.41) is 15.1. The monoisotopic (exact) mass is 596 g/mol. The Bertz CT molecular complexity index is 1420. The third kappa shape index (κ3) is 6.16. The van der Waals surface area contributed by atoms with Crippen molar-refractivity contribution >= 4 is 58.6 Å². The standard InChI is InChI=1S/C16H13F2N3O.C9H4Cl3NO2S/c17-13-7-5-12(6-8-13)16(22,9-21-11-19-10-20-21)14-3-1-2-4-15(14)18;10-9(11,12)16-13-7(14)5-3-1-2-4-6(5)8(13)15/h1-8,10-11,22H,9H2;1-4H. The van der Waals surface area contributed by atoms with Crippen molar-refractivity contribution in [1.82, 2.24) is 19.1 Å². The number of aromatic nitrogens is 3. The van der Waals surface area contributed by atoms with Gasteiger partial charge in [-0.25, -0.2) is 22.8 Å². The molecule has 0 saturated carbocycles. The van der Waals surface area contributed by atoms with Crippen LogP contribution >= 0.6 is 46.8 Å². The van der Waals surface area contributed by atoms with Crippen LogP contribution in [0.2, 0.25) is 0 Å². The molecular weight excluding hydrogens is 581 g/mol. The Labute approximate surface area is 235 Å². The number of alkyl halides is 3. The molecule has 2 amide bonds. The van der Waals surface area contributed by atoms with E-state index in [4.69, 9.17) is 34.8 Å². The molecule has 0 bridgehead atoms. The van der Waals surface area contributed by atoms with E-state index in [2.05, 4.69) is 10.1 Å². The lowest BCUT2D eigenvalue weighted by molar-refractivity contribution is 0.0535. The van der Waals surface area contributed by atoms with Gasteiger partial charge in [-0.3, -0.25) is 9.59 Å². The highest BCUT2D eigenvalue weighted by molar-refractivity contribution is 8.03. The zero-order valence-electron chi connectivity index (χ0n) is 19.1. The van der Waals surface area contributed by atoms with Gasteiger partial charge in [-0.05, 0) is 35.9 Å². The molecule has 3 aromatic carbocycles. The number of hydrogen-bond donors (Lipinski definition) is 1. The lowest BCUT2D eigenvalue weighted by atomic mass is 9.86. The van der Waals surface area contributed by atoms with Crippen LogP contribution in [-0.2, 0) is 12.1 Å². The summed E-state index contributed by atoms with van der Waals surface area (Å²) in [5.74, 6) is -1.90. The predicted molar refractivity (Wildman–Crippen MR) is 141 cm³/mol. The summed E-state index contributed by atoms with van der Waals surface area (Å²) in [6.45, 7) is -0.0421. The molecule has 2 heterocycles. The first-order valence-electron chi connectivity index (χ1n) is 10.8. The minimum Gasteiger partial charge on any atom is -0.378 e. The van der Waals surface area contributed by atoms with E-state index in [1.165, 1.54) is 53.7 Å². The summed E-state index contributed by atoms with van der Waals surface area (Å²) >= 11 is 17.2. The maximum absolute atomic E-state index is 14.2. The minimum atomic E-state index is -1.74. The lowest BCUT2D eigenvalue weighted by Crippen LogP contribution is -2.34. The molecular formula is C25H17Cl3F2N4O3S. The Balaban J connectivity index is 0.000000186. The second-order valence-corrected chi connectivity index (χ2v) is 12.0. The molecule has 38 heavy (non-hydrogen) atoms. The number of nitrogens with zero attached hydrogens (tertiary/aromatic N) is 4. The average molecular weight is 598 g/mol.